The van der Waals surface area contributed by atoms with Gasteiger partial charge in [-0.15, -0.1) is 0 Å². The molecule has 9 heteroatoms. The zero-order valence-corrected chi connectivity index (χ0v) is 17.0. The van der Waals surface area contributed by atoms with Crippen molar-refractivity contribution >= 4 is 5.97 Å². The van der Waals surface area contributed by atoms with Gasteiger partial charge in [-0.1, -0.05) is 5.16 Å². The van der Waals surface area contributed by atoms with Crippen molar-refractivity contribution in [1.82, 2.24) is 10.1 Å². The quantitative estimate of drug-likeness (QED) is 0.512. The Balaban J connectivity index is 1.65. The van der Waals surface area contributed by atoms with Crippen LogP contribution in [0.5, 0.6) is 17.2 Å². The first-order valence-corrected chi connectivity index (χ1v) is 8.99. The molecular formula is C21H21FN2O6. The van der Waals surface area contributed by atoms with Crippen LogP contribution < -0.4 is 14.2 Å². The van der Waals surface area contributed by atoms with Crippen molar-refractivity contribution in [3.05, 3.63) is 54.2 Å². The van der Waals surface area contributed by atoms with Crippen LogP contribution in [-0.2, 0) is 16.1 Å². The molecule has 0 saturated carbocycles. The molecule has 0 aliphatic heterocycles. The van der Waals surface area contributed by atoms with Crippen molar-refractivity contribution in [1.29, 1.82) is 0 Å². The number of benzene rings is 2. The predicted molar refractivity (Wildman–Crippen MR) is 104 cm³/mol. The first-order valence-electron chi connectivity index (χ1n) is 8.99. The number of carbonyl (C=O) groups excluding carboxylic acids is 1. The van der Waals surface area contributed by atoms with Gasteiger partial charge in [-0.2, -0.15) is 4.98 Å². The molecule has 1 aromatic heterocycles. The summed E-state index contributed by atoms with van der Waals surface area (Å²) in [6, 6.07) is 10.5. The van der Waals surface area contributed by atoms with E-state index < -0.39 is 17.4 Å². The smallest absolute Gasteiger partial charge is 0.350 e. The summed E-state index contributed by atoms with van der Waals surface area (Å²) in [7, 11) is 3.07. The summed E-state index contributed by atoms with van der Waals surface area (Å²) in [6.07, 6.45) is 0. The number of hydrogen-bond acceptors (Lipinski definition) is 8. The van der Waals surface area contributed by atoms with E-state index in [1.807, 2.05) is 0 Å². The molecule has 0 amide bonds. The molecule has 0 bridgehead atoms. The lowest BCUT2D eigenvalue weighted by atomic mass is 10.1. The number of carbonyl (C=O) groups is 1. The molecule has 1 heterocycles. The zero-order chi connectivity index (χ0) is 21.7. The monoisotopic (exact) mass is 416 g/mol. The highest BCUT2D eigenvalue weighted by atomic mass is 19.1. The Morgan fingerprint density at radius 2 is 1.77 bits per heavy atom. The summed E-state index contributed by atoms with van der Waals surface area (Å²) >= 11 is 0. The van der Waals surface area contributed by atoms with Crippen LogP contribution in [0, 0.1) is 5.82 Å². The van der Waals surface area contributed by atoms with Crippen LogP contribution in [0.3, 0.4) is 0 Å². The van der Waals surface area contributed by atoms with Gasteiger partial charge in [0.25, 0.3) is 5.89 Å². The summed E-state index contributed by atoms with van der Waals surface area (Å²) in [5, 5.41) is 3.90. The van der Waals surface area contributed by atoms with Crippen molar-refractivity contribution in [3.8, 4) is 28.6 Å². The van der Waals surface area contributed by atoms with E-state index in [1.165, 1.54) is 31.4 Å². The van der Waals surface area contributed by atoms with Gasteiger partial charge in [0.1, 0.15) is 23.1 Å². The Bertz CT molecular complexity index is 1020. The molecule has 0 radical (unpaired) electrons. The number of rotatable bonds is 8. The lowest BCUT2D eigenvalue weighted by Crippen LogP contribution is -2.39. The van der Waals surface area contributed by atoms with Crippen LogP contribution >= 0.6 is 0 Å². The van der Waals surface area contributed by atoms with Gasteiger partial charge in [0, 0.05) is 6.07 Å². The van der Waals surface area contributed by atoms with E-state index in [0.717, 1.165) is 0 Å². The van der Waals surface area contributed by atoms with Gasteiger partial charge in [0.15, 0.2) is 12.2 Å². The van der Waals surface area contributed by atoms with E-state index in [0.29, 0.717) is 22.8 Å². The maximum absolute atomic E-state index is 13.0. The average molecular weight is 416 g/mol. The summed E-state index contributed by atoms with van der Waals surface area (Å²) < 4.78 is 39.5. The molecule has 0 N–H and O–H groups in total. The van der Waals surface area contributed by atoms with Crippen molar-refractivity contribution in [2.24, 2.45) is 0 Å². The average Bonchev–Trinajstić information content (AvgIpc) is 3.21. The fourth-order valence-corrected chi connectivity index (χ4v) is 2.55. The molecular weight excluding hydrogens is 395 g/mol. The number of ether oxygens (including phenoxy) is 4. The Morgan fingerprint density at radius 3 is 2.43 bits per heavy atom. The highest BCUT2D eigenvalue weighted by Crippen LogP contribution is 2.31. The van der Waals surface area contributed by atoms with Gasteiger partial charge in [0.05, 0.1) is 19.8 Å². The van der Waals surface area contributed by atoms with Crippen LogP contribution in [0.2, 0.25) is 0 Å². The van der Waals surface area contributed by atoms with Crippen LogP contribution in [0.25, 0.3) is 11.4 Å². The molecule has 0 aliphatic carbocycles. The second kappa shape index (κ2) is 8.81. The molecule has 2 aromatic carbocycles. The SMILES string of the molecule is COc1ccc(-c2noc(COC(=O)C(C)(C)Oc3ccc(F)cc3)n2)c(OC)c1. The number of methoxy groups -OCH3 is 2. The number of halogens is 1. The molecule has 30 heavy (non-hydrogen) atoms. The minimum Gasteiger partial charge on any atom is -0.497 e. The molecule has 0 saturated heterocycles. The third-order valence-corrected chi connectivity index (χ3v) is 4.12. The van der Waals surface area contributed by atoms with Gasteiger partial charge < -0.3 is 23.5 Å². The van der Waals surface area contributed by atoms with Gasteiger partial charge in [-0.05, 0) is 50.2 Å². The number of nitrogens with zero attached hydrogens (tertiary/aromatic N) is 2. The van der Waals surface area contributed by atoms with Crippen molar-refractivity contribution in [2.45, 2.75) is 26.1 Å². The molecule has 3 aromatic rings. The Morgan fingerprint density at radius 1 is 1.07 bits per heavy atom. The molecule has 3 rings (SSSR count). The minimum absolute atomic E-state index is 0.105. The largest absolute Gasteiger partial charge is 0.497 e. The number of aromatic nitrogens is 2. The van der Waals surface area contributed by atoms with Crippen LogP contribution in [0.4, 0.5) is 4.39 Å². The minimum atomic E-state index is -1.31. The standard InChI is InChI=1S/C21H21FN2O6/c1-21(2,29-14-7-5-13(22)6-8-14)20(25)28-12-18-23-19(24-30-18)16-10-9-15(26-3)11-17(16)27-4/h5-11H,12H2,1-4H3. The summed E-state index contributed by atoms with van der Waals surface area (Å²) in [5.41, 5.74) is -0.709. The van der Waals surface area contributed by atoms with Crippen molar-refractivity contribution < 1.29 is 32.7 Å². The molecule has 0 spiro atoms. The first kappa shape index (κ1) is 21.1. The normalized spacial score (nSPS) is 11.1. The van der Waals surface area contributed by atoms with Gasteiger partial charge in [-0.3, -0.25) is 0 Å². The van der Waals surface area contributed by atoms with E-state index in [9.17, 15) is 9.18 Å². The van der Waals surface area contributed by atoms with Crippen molar-refractivity contribution in [2.75, 3.05) is 14.2 Å². The zero-order valence-electron chi connectivity index (χ0n) is 17.0. The second-order valence-corrected chi connectivity index (χ2v) is 6.72. The highest BCUT2D eigenvalue weighted by molar-refractivity contribution is 5.79. The second-order valence-electron chi connectivity index (χ2n) is 6.72. The van der Waals surface area contributed by atoms with Crippen molar-refractivity contribution in [3.63, 3.8) is 0 Å². The number of hydrogen-bond donors (Lipinski definition) is 0. The fraction of sp³-hybridized carbons (Fsp3) is 0.286. The summed E-state index contributed by atoms with van der Waals surface area (Å²) in [5.74, 6) is 0.808. The highest BCUT2D eigenvalue weighted by Gasteiger charge is 2.32. The lowest BCUT2D eigenvalue weighted by Gasteiger charge is -2.23. The predicted octanol–water partition coefficient (Wildman–Crippen LogP) is 3.79. The van der Waals surface area contributed by atoms with E-state index >= 15 is 0 Å². The Hall–Kier alpha value is -3.62. The molecule has 8 nitrogen and oxygen atoms in total. The maximum atomic E-state index is 13.0. The van der Waals surface area contributed by atoms with Gasteiger partial charge >= 0.3 is 5.97 Å². The summed E-state index contributed by atoms with van der Waals surface area (Å²) in [4.78, 5) is 16.6. The molecule has 0 unspecified atom stereocenters. The molecule has 0 fully saturated rings. The van der Waals surface area contributed by atoms with Gasteiger partial charge in [-0.25, -0.2) is 9.18 Å². The van der Waals surface area contributed by atoms with E-state index in [4.69, 9.17) is 23.5 Å². The molecule has 158 valence electrons. The Labute approximate surface area is 172 Å². The Kier molecular flexibility index (Phi) is 6.20. The third-order valence-electron chi connectivity index (χ3n) is 4.12. The van der Waals surface area contributed by atoms with E-state index in [1.54, 1.807) is 39.2 Å². The molecule has 0 atom stereocenters. The maximum Gasteiger partial charge on any atom is 0.350 e. The van der Waals surface area contributed by atoms with E-state index in [2.05, 4.69) is 10.1 Å². The third kappa shape index (κ3) is 4.86. The summed E-state index contributed by atoms with van der Waals surface area (Å²) in [6.45, 7) is 2.85. The first-order chi connectivity index (χ1) is 14.3. The van der Waals surface area contributed by atoms with Crippen LogP contribution in [-0.4, -0.2) is 35.9 Å². The fourth-order valence-electron chi connectivity index (χ4n) is 2.55. The number of esters is 1. The van der Waals surface area contributed by atoms with Crippen LogP contribution in [0.15, 0.2) is 47.0 Å². The lowest BCUT2D eigenvalue weighted by molar-refractivity contribution is -0.161. The van der Waals surface area contributed by atoms with Gasteiger partial charge in [0.2, 0.25) is 5.82 Å². The molecule has 0 aliphatic rings. The van der Waals surface area contributed by atoms with E-state index in [-0.39, 0.29) is 18.3 Å². The topological polar surface area (TPSA) is 92.9 Å². The van der Waals surface area contributed by atoms with Crippen LogP contribution in [0.1, 0.15) is 19.7 Å².